The van der Waals surface area contributed by atoms with Crippen molar-refractivity contribution in [2.24, 2.45) is 5.92 Å². The normalized spacial score (nSPS) is 24.3. The number of aryl methyl sites for hydroxylation is 1. The highest BCUT2D eigenvalue weighted by Gasteiger charge is 2.28. The molecule has 1 amide bonds. The Kier molecular flexibility index (Phi) is 3.64. The maximum Gasteiger partial charge on any atom is 0.270 e. The van der Waals surface area contributed by atoms with Gasteiger partial charge in [0.15, 0.2) is 0 Å². The summed E-state index contributed by atoms with van der Waals surface area (Å²) >= 11 is 0. The van der Waals surface area contributed by atoms with Crippen molar-refractivity contribution < 1.29 is 4.79 Å². The lowest BCUT2D eigenvalue weighted by atomic mass is 9.93. The Balaban J connectivity index is 2.20. The summed E-state index contributed by atoms with van der Waals surface area (Å²) < 4.78 is 1.93. The number of carbonyl (C=O) groups is 1. The second-order valence-corrected chi connectivity index (χ2v) is 5.42. The lowest BCUT2D eigenvalue weighted by Crippen LogP contribution is -2.44. The molecule has 1 aliphatic heterocycles. The minimum Gasteiger partial charge on any atom is -0.397 e. The molecule has 1 aromatic rings. The highest BCUT2D eigenvalue weighted by atomic mass is 16.2. The lowest BCUT2D eigenvalue weighted by Gasteiger charge is -2.36. The van der Waals surface area contributed by atoms with Gasteiger partial charge in [0, 0.05) is 25.3 Å². The maximum atomic E-state index is 12.6. The number of carbonyl (C=O) groups excluding carboxylic acids is 1. The highest BCUT2D eigenvalue weighted by Crippen LogP contribution is 2.24. The molecule has 0 radical (unpaired) electrons. The predicted molar refractivity (Wildman–Crippen MR) is 73.4 cm³/mol. The molecule has 4 nitrogen and oxygen atoms in total. The summed E-state index contributed by atoms with van der Waals surface area (Å²) in [5.41, 5.74) is 7.17. The Labute approximate surface area is 109 Å². The summed E-state index contributed by atoms with van der Waals surface area (Å²) in [5.74, 6) is 0.833. The Morgan fingerprint density at radius 3 is 2.83 bits per heavy atom. The second-order valence-electron chi connectivity index (χ2n) is 5.42. The van der Waals surface area contributed by atoms with Gasteiger partial charge >= 0.3 is 0 Å². The van der Waals surface area contributed by atoms with Gasteiger partial charge in [-0.15, -0.1) is 0 Å². The molecule has 0 saturated carbocycles. The van der Waals surface area contributed by atoms with E-state index >= 15 is 0 Å². The third-order valence-corrected chi connectivity index (χ3v) is 3.88. The van der Waals surface area contributed by atoms with Crippen LogP contribution >= 0.6 is 0 Å². The van der Waals surface area contributed by atoms with E-state index in [-0.39, 0.29) is 5.91 Å². The number of hydrogen-bond acceptors (Lipinski definition) is 2. The van der Waals surface area contributed by atoms with Gasteiger partial charge in [0.1, 0.15) is 5.69 Å². The first kappa shape index (κ1) is 13.0. The number of anilines is 1. The first-order valence-corrected chi connectivity index (χ1v) is 6.79. The SMILES string of the molecule is CCn1cc(N)cc1C(=O)N1CCC(C)CC1C. The summed E-state index contributed by atoms with van der Waals surface area (Å²) in [4.78, 5) is 14.5. The second kappa shape index (κ2) is 5.04. The third-order valence-electron chi connectivity index (χ3n) is 3.88. The smallest absolute Gasteiger partial charge is 0.270 e. The predicted octanol–water partition coefficient (Wildman–Crippen LogP) is 2.35. The largest absolute Gasteiger partial charge is 0.397 e. The van der Waals surface area contributed by atoms with Crippen LogP contribution in [0.25, 0.3) is 0 Å². The van der Waals surface area contributed by atoms with Crippen molar-refractivity contribution in [3.8, 4) is 0 Å². The van der Waals surface area contributed by atoms with E-state index in [0.29, 0.717) is 17.6 Å². The van der Waals surface area contributed by atoms with Gasteiger partial charge in [-0.25, -0.2) is 0 Å². The summed E-state index contributed by atoms with van der Waals surface area (Å²) in [7, 11) is 0. The molecule has 4 heteroatoms. The number of amides is 1. The summed E-state index contributed by atoms with van der Waals surface area (Å²) in [6, 6.07) is 2.11. The molecule has 2 rings (SSSR count). The van der Waals surface area contributed by atoms with Crippen molar-refractivity contribution in [2.45, 2.75) is 46.2 Å². The summed E-state index contributed by atoms with van der Waals surface area (Å²) in [6.07, 6.45) is 4.02. The van der Waals surface area contributed by atoms with E-state index in [0.717, 1.165) is 31.6 Å². The highest BCUT2D eigenvalue weighted by molar-refractivity contribution is 5.94. The third kappa shape index (κ3) is 2.37. The Bertz CT molecular complexity index is 438. The van der Waals surface area contributed by atoms with Crippen molar-refractivity contribution >= 4 is 11.6 Å². The molecule has 2 N–H and O–H groups in total. The molecule has 1 aromatic heterocycles. The molecule has 18 heavy (non-hydrogen) atoms. The molecule has 2 heterocycles. The molecule has 0 bridgehead atoms. The fourth-order valence-electron chi connectivity index (χ4n) is 2.83. The van der Waals surface area contributed by atoms with E-state index < -0.39 is 0 Å². The van der Waals surface area contributed by atoms with E-state index in [9.17, 15) is 4.79 Å². The van der Waals surface area contributed by atoms with Gasteiger partial charge in [-0.05, 0) is 38.7 Å². The quantitative estimate of drug-likeness (QED) is 0.874. The Morgan fingerprint density at radius 1 is 1.50 bits per heavy atom. The van der Waals surface area contributed by atoms with E-state index in [1.54, 1.807) is 6.07 Å². The number of nitrogen functional groups attached to an aromatic ring is 1. The first-order chi connectivity index (χ1) is 8.52. The number of hydrogen-bond donors (Lipinski definition) is 1. The molecular formula is C14H23N3O. The molecule has 1 saturated heterocycles. The van der Waals surface area contributed by atoms with E-state index in [2.05, 4.69) is 13.8 Å². The fourth-order valence-corrected chi connectivity index (χ4v) is 2.83. The van der Waals surface area contributed by atoms with Crippen LogP contribution in [0, 0.1) is 5.92 Å². The van der Waals surface area contributed by atoms with Crippen molar-refractivity contribution in [3.05, 3.63) is 18.0 Å². The summed E-state index contributed by atoms with van der Waals surface area (Å²) in [6.45, 7) is 8.05. The van der Waals surface area contributed by atoms with Crippen LogP contribution in [0.15, 0.2) is 12.3 Å². The number of piperidine rings is 1. The average Bonchev–Trinajstić information content (AvgIpc) is 2.69. The zero-order valence-electron chi connectivity index (χ0n) is 11.5. The van der Waals surface area contributed by atoms with Crippen LogP contribution in [0.1, 0.15) is 44.1 Å². The average molecular weight is 249 g/mol. The fraction of sp³-hybridized carbons (Fsp3) is 0.643. The zero-order valence-corrected chi connectivity index (χ0v) is 11.5. The minimum atomic E-state index is 0.118. The number of aromatic nitrogens is 1. The van der Waals surface area contributed by atoms with Crippen molar-refractivity contribution in [2.75, 3.05) is 12.3 Å². The van der Waals surface area contributed by atoms with Crippen LogP contribution in [-0.2, 0) is 6.54 Å². The van der Waals surface area contributed by atoms with Crippen LogP contribution < -0.4 is 5.73 Å². The number of rotatable bonds is 2. The first-order valence-electron chi connectivity index (χ1n) is 6.79. The number of likely N-dealkylation sites (tertiary alicyclic amines) is 1. The van der Waals surface area contributed by atoms with Gasteiger partial charge in [0.2, 0.25) is 0 Å². The van der Waals surface area contributed by atoms with Crippen LogP contribution in [-0.4, -0.2) is 28.0 Å². The molecule has 1 fully saturated rings. The van der Waals surface area contributed by atoms with Crippen molar-refractivity contribution in [1.29, 1.82) is 0 Å². The van der Waals surface area contributed by atoms with Crippen LogP contribution in [0.4, 0.5) is 5.69 Å². The maximum absolute atomic E-state index is 12.6. The van der Waals surface area contributed by atoms with E-state index in [1.807, 2.05) is 22.6 Å². The lowest BCUT2D eigenvalue weighted by molar-refractivity contribution is 0.0578. The monoisotopic (exact) mass is 249 g/mol. The Hall–Kier alpha value is -1.45. The number of nitrogens with zero attached hydrogens (tertiary/aromatic N) is 2. The standard InChI is InChI=1S/C14H23N3O/c1-4-16-9-12(15)8-13(16)14(18)17-6-5-10(2)7-11(17)3/h8-11H,4-7,15H2,1-3H3. The van der Waals surface area contributed by atoms with E-state index in [4.69, 9.17) is 5.73 Å². The van der Waals surface area contributed by atoms with Gasteiger partial charge in [0.05, 0.1) is 5.69 Å². The molecular weight excluding hydrogens is 226 g/mol. The molecule has 0 aliphatic carbocycles. The van der Waals surface area contributed by atoms with Crippen LogP contribution in [0.5, 0.6) is 0 Å². The van der Waals surface area contributed by atoms with Gasteiger partial charge < -0.3 is 15.2 Å². The van der Waals surface area contributed by atoms with Crippen LogP contribution in [0.3, 0.4) is 0 Å². The molecule has 100 valence electrons. The van der Waals surface area contributed by atoms with Gasteiger partial charge in [-0.2, -0.15) is 0 Å². The van der Waals surface area contributed by atoms with Crippen LogP contribution in [0.2, 0.25) is 0 Å². The zero-order chi connectivity index (χ0) is 13.3. The molecule has 0 aromatic carbocycles. The Morgan fingerprint density at radius 2 is 2.22 bits per heavy atom. The molecule has 1 aliphatic rings. The van der Waals surface area contributed by atoms with Gasteiger partial charge in [0.25, 0.3) is 5.91 Å². The van der Waals surface area contributed by atoms with Crippen molar-refractivity contribution in [3.63, 3.8) is 0 Å². The minimum absolute atomic E-state index is 0.118. The number of nitrogens with two attached hydrogens (primary N) is 1. The molecule has 2 atom stereocenters. The topological polar surface area (TPSA) is 51.3 Å². The van der Waals surface area contributed by atoms with Crippen molar-refractivity contribution in [1.82, 2.24) is 9.47 Å². The molecule has 2 unspecified atom stereocenters. The van der Waals surface area contributed by atoms with Gasteiger partial charge in [-0.1, -0.05) is 6.92 Å². The molecule has 0 spiro atoms. The van der Waals surface area contributed by atoms with Gasteiger partial charge in [-0.3, -0.25) is 4.79 Å². The van der Waals surface area contributed by atoms with E-state index in [1.165, 1.54) is 0 Å². The summed E-state index contributed by atoms with van der Waals surface area (Å²) in [5, 5.41) is 0.